The fraction of sp³-hybridized carbons (Fsp3) is 0.333. The Labute approximate surface area is 118 Å². The fourth-order valence-electron chi connectivity index (χ4n) is 2.14. The van der Waals surface area contributed by atoms with Crippen LogP contribution in [0, 0.1) is 6.92 Å². The van der Waals surface area contributed by atoms with Crippen LogP contribution in [0.15, 0.2) is 29.6 Å². The van der Waals surface area contributed by atoms with Gasteiger partial charge in [0.1, 0.15) is 11.5 Å². The number of thiophene rings is 1. The minimum Gasteiger partial charge on any atom is -0.497 e. The van der Waals surface area contributed by atoms with Crippen molar-refractivity contribution in [2.75, 3.05) is 21.3 Å². The van der Waals surface area contributed by atoms with E-state index in [4.69, 9.17) is 9.47 Å². The van der Waals surface area contributed by atoms with Crippen molar-refractivity contribution in [3.8, 4) is 11.5 Å². The van der Waals surface area contributed by atoms with Crippen molar-refractivity contribution in [1.82, 2.24) is 5.32 Å². The van der Waals surface area contributed by atoms with E-state index < -0.39 is 0 Å². The van der Waals surface area contributed by atoms with Crippen LogP contribution in [0.2, 0.25) is 0 Å². The van der Waals surface area contributed by atoms with Crippen LogP contribution in [0.4, 0.5) is 0 Å². The van der Waals surface area contributed by atoms with Crippen molar-refractivity contribution < 1.29 is 9.47 Å². The molecule has 0 spiro atoms. The molecule has 0 bridgehead atoms. The molecule has 0 aliphatic rings. The van der Waals surface area contributed by atoms with Crippen LogP contribution in [0.25, 0.3) is 0 Å². The van der Waals surface area contributed by atoms with Gasteiger partial charge in [0.15, 0.2) is 0 Å². The second-order valence-corrected chi connectivity index (χ2v) is 5.47. The largest absolute Gasteiger partial charge is 0.497 e. The van der Waals surface area contributed by atoms with Crippen LogP contribution in [0.5, 0.6) is 11.5 Å². The molecule has 0 amide bonds. The molecule has 3 nitrogen and oxygen atoms in total. The summed E-state index contributed by atoms with van der Waals surface area (Å²) in [7, 11) is 5.30. The number of benzene rings is 1. The van der Waals surface area contributed by atoms with Crippen LogP contribution < -0.4 is 14.8 Å². The van der Waals surface area contributed by atoms with Crippen molar-refractivity contribution in [1.29, 1.82) is 0 Å². The van der Waals surface area contributed by atoms with Gasteiger partial charge in [-0.05, 0) is 48.7 Å². The Balaban J connectivity index is 2.42. The number of ether oxygens (including phenoxy) is 2. The summed E-state index contributed by atoms with van der Waals surface area (Å²) in [6, 6.07) is 8.31. The van der Waals surface area contributed by atoms with E-state index in [1.807, 2.05) is 25.2 Å². The quantitative estimate of drug-likeness (QED) is 0.909. The van der Waals surface area contributed by atoms with Gasteiger partial charge in [-0.2, -0.15) is 0 Å². The van der Waals surface area contributed by atoms with E-state index in [2.05, 4.69) is 23.7 Å². The first-order valence-electron chi connectivity index (χ1n) is 6.13. The van der Waals surface area contributed by atoms with Crippen molar-refractivity contribution in [2.24, 2.45) is 0 Å². The second-order valence-electron chi connectivity index (χ2n) is 4.36. The molecule has 4 heteroatoms. The average Bonchev–Trinajstić information content (AvgIpc) is 2.85. The van der Waals surface area contributed by atoms with Gasteiger partial charge in [0, 0.05) is 10.9 Å². The molecule has 0 saturated heterocycles. The number of aryl methyl sites for hydroxylation is 1. The molecule has 1 atom stereocenters. The maximum absolute atomic E-state index is 5.33. The molecule has 1 aromatic heterocycles. The lowest BCUT2D eigenvalue weighted by atomic mass is 10.0. The van der Waals surface area contributed by atoms with E-state index in [0.717, 1.165) is 17.1 Å². The van der Waals surface area contributed by atoms with Crippen LogP contribution in [0.1, 0.15) is 22.0 Å². The molecule has 1 heterocycles. The second kappa shape index (κ2) is 6.08. The molecule has 102 valence electrons. The maximum Gasteiger partial charge on any atom is 0.122 e. The van der Waals surface area contributed by atoms with Gasteiger partial charge in [-0.25, -0.2) is 0 Å². The molecule has 1 unspecified atom stereocenters. The monoisotopic (exact) mass is 277 g/mol. The van der Waals surface area contributed by atoms with Gasteiger partial charge >= 0.3 is 0 Å². The highest BCUT2D eigenvalue weighted by Gasteiger charge is 2.15. The lowest BCUT2D eigenvalue weighted by molar-refractivity contribution is 0.392. The van der Waals surface area contributed by atoms with Gasteiger partial charge in [0.25, 0.3) is 0 Å². The van der Waals surface area contributed by atoms with Gasteiger partial charge in [0.05, 0.1) is 20.3 Å². The fourth-order valence-corrected chi connectivity index (χ4v) is 2.87. The molecular formula is C15H19NO2S. The van der Waals surface area contributed by atoms with Gasteiger partial charge < -0.3 is 14.8 Å². The molecule has 0 radical (unpaired) electrons. The summed E-state index contributed by atoms with van der Waals surface area (Å²) in [6.07, 6.45) is 0. The first-order chi connectivity index (χ1) is 9.17. The predicted molar refractivity (Wildman–Crippen MR) is 79.5 cm³/mol. The van der Waals surface area contributed by atoms with E-state index >= 15 is 0 Å². The topological polar surface area (TPSA) is 30.5 Å². The summed E-state index contributed by atoms with van der Waals surface area (Å²) in [5, 5.41) is 5.53. The molecule has 0 aliphatic carbocycles. The Morgan fingerprint density at radius 2 is 1.63 bits per heavy atom. The van der Waals surface area contributed by atoms with Crippen molar-refractivity contribution >= 4 is 11.3 Å². The van der Waals surface area contributed by atoms with E-state index in [0.29, 0.717) is 0 Å². The van der Waals surface area contributed by atoms with E-state index in [-0.39, 0.29) is 6.04 Å². The lowest BCUT2D eigenvalue weighted by Gasteiger charge is -2.17. The Bertz CT molecular complexity index is 529. The Kier molecular flexibility index (Phi) is 4.45. The molecule has 0 saturated carbocycles. The van der Waals surface area contributed by atoms with Gasteiger partial charge in [-0.1, -0.05) is 0 Å². The molecule has 2 aromatic rings. The van der Waals surface area contributed by atoms with Crippen LogP contribution in [-0.2, 0) is 0 Å². The summed E-state index contributed by atoms with van der Waals surface area (Å²) >= 11 is 1.76. The van der Waals surface area contributed by atoms with Crippen LogP contribution in [-0.4, -0.2) is 21.3 Å². The minimum absolute atomic E-state index is 0.147. The van der Waals surface area contributed by atoms with Crippen LogP contribution >= 0.6 is 11.3 Å². The van der Waals surface area contributed by atoms with E-state index in [9.17, 15) is 0 Å². The van der Waals surface area contributed by atoms with Crippen molar-refractivity contribution in [3.63, 3.8) is 0 Å². The predicted octanol–water partition coefficient (Wildman–Crippen LogP) is 3.38. The van der Waals surface area contributed by atoms with Crippen molar-refractivity contribution in [2.45, 2.75) is 13.0 Å². The molecule has 0 aliphatic heterocycles. The SMILES string of the molecule is CNC(c1cc(OC)cc(OC)c1)c1csc(C)c1. The maximum atomic E-state index is 5.33. The Morgan fingerprint density at radius 1 is 1.00 bits per heavy atom. The Morgan fingerprint density at radius 3 is 2.05 bits per heavy atom. The van der Waals surface area contributed by atoms with E-state index in [1.165, 1.54) is 10.4 Å². The van der Waals surface area contributed by atoms with Gasteiger partial charge in [-0.3, -0.25) is 0 Å². The summed E-state index contributed by atoms with van der Waals surface area (Å²) in [5.74, 6) is 1.61. The third-order valence-corrected chi connectivity index (χ3v) is 3.96. The normalized spacial score (nSPS) is 12.2. The van der Waals surface area contributed by atoms with E-state index in [1.54, 1.807) is 25.6 Å². The summed E-state index contributed by atoms with van der Waals surface area (Å²) < 4.78 is 10.7. The molecular weight excluding hydrogens is 258 g/mol. The lowest BCUT2D eigenvalue weighted by Crippen LogP contribution is -2.17. The zero-order valence-electron chi connectivity index (χ0n) is 11.7. The molecule has 2 rings (SSSR count). The van der Waals surface area contributed by atoms with Gasteiger partial charge in [-0.15, -0.1) is 11.3 Å². The molecule has 0 fully saturated rings. The number of nitrogens with one attached hydrogen (secondary N) is 1. The number of methoxy groups -OCH3 is 2. The molecule has 1 N–H and O–H groups in total. The molecule has 19 heavy (non-hydrogen) atoms. The van der Waals surface area contributed by atoms with Crippen LogP contribution in [0.3, 0.4) is 0 Å². The zero-order valence-corrected chi connectivity index (χ0v) is 12.5. The standard InChI is InChI=1S/C15H19NO2S/c1-10-5-12(9-19-10)15(16-2)11-6-13(17-3)8-14(7-11)18-4/h5-9,15-16H,1-4H3. The smallest absolute Gasteiger partial charge is 0.122 e. The minimum atomic E-state index is 0.147. The zero-order chi connectivity index (χ0) is 13.8. The third-order valence-electron chi connectivity index (χ3n) is 3.08. The first-order valence-corrected chi connectivity index (χ1v) is 7.01. The first kappa shape index (κ1) is 13.9. The summed E-state index contributed by atoms with van der Waals surface area (Å²) in [5.41, 5.74) is 2.40. The number of rotatable bonds is 5. The molecule has 1 aromatic carbocycles. The van der Waals surface area contributed by atoms with Crippen molar-refractivity contribution in [3.05, 3.63) is 45.6 Å². The highest BCUT2D eigenvalue weighted by atomic mass is 32.1. The summed E-state index contributed by atoms with van der Waals surface area (Å²) in [6.45, 7) is 2.12. The number of hydrogen-bond donors (Lipinski definition) is 1. The third kappa shape index (κ3) is 3.08. The number of hydrogen-bond acceptors (Lipinski definition) is 4. The highest BCUT2D eigenvalue weighted by Crippen LogP contribution is 2.31. The average molecular weight is 277 g/mol. The highest BCUT2D eigenvalue weighted by molar-refractivity contribution is 7.10. The Hall–Kier alpha value is -1.52. The summed E-state index contributed by atoms with van der Waals surface area (Å²) in [4.78, 5) is 1.31. The van der Waals surface area contributed by atoms with Gasteiger partial charge in [0.2, 0.25) is 0 Å².